The van der Waals surface area contributed by atoms with E-state index in [4.69, 9.17) is 4.74 Å². The maximum Gasteiger partial charge on any atom is 0.411 e. The molecule has 2 aliphatic heterocycles. The third-order valence-electron chi connectivity index (χ3n) is 4.89. The second-order valence-electron chi connectivity index (χ2n) is 6.86. The van der Waals surface area contributed by atoms with Gasteiger partial charge in [0.15, 0.2) is 6.10 Å². The van der Waals surface area contributed by atoms with Crippen molar-refractivity contribution < 1.29 is 27.5 Å². The SMILES string of the molecule is O=C1O[C@@H](C(=O)N2CCC2)CN1Cc1cncc(-c2ccc(F)c(C(F)F)c2)n1. The lowest BCUT2D eigenvalue weighted by molar-refractivity contribution is -0.142. The zero-order valence-corrected chi connectivity index (χ0v) is 15.2. The van der Waals surface area contributed by atoms with Crippen LogP contribution in [0.15, 0.2) is 30.6 Å². The van der Waals surface area contributed by atoms with Crippen molar-refractivity contribution in [2.75, 3.05) is 19.6 Å². The highest BCUT2D eigenvalue weighted by Crippen LogP contribution is 2.27. The van der Waals surface area contributed by atoms with Gasteiger partial charge in [-0.05, 0) is 24.6 Å². The van der Waals surface area contributed by atoms with Crippen LogP contribution in [-0.2, 0) is 16.1 Å². The molecule has 0 spiro atoms. The van der Waals surface area contributed by atoms with Crippen molar-refractivity contribution in [1.82, 2.24) is 19.8 Å². The van der Waals surface area contributed by atoms with Crippen LogP contribution in [0.5, 0.6) is 0 Å². The van der Waals surface area contributed by atoms with E-state index in [9.17, 15) is 22.8 Å². The Bertz CT molecular complexity index is 952. The summed E-state index contributed by atoms with van der Waals surface area (Å²) in [5.41, 5.74) is 0.223. The average molecular weight is 406 g/mol. The summed E-state index contributed by atoms with van der Waals surface area (Å²) >= 11 is 0. The Balaban J connectivity index is 1.49. The van der Waals surface area contributed by atoms with Crippen LogP contribution in [0, 0.1) is 5.82 Å². The molecule has 2 amide bonds. The third kappa shape index (κ3) is 3.87. The number of ether oxygens (including phenoxy) is 1. The zero-order chi connectivity index (χ0) is 20.5. The first kappa shape index (κ1) is 19.2. The highest BCUT2D eigenvalue weighted by Gasteiger charge is 2.39. The quantitative estimate of drug-likeness (QED) is 0.763. The Morgan fingerprint density at radius 1 is 1.28 bits per heavy atom. The van der Waals surface area contributed by atoms with Crippen LogP contribution < -0.4 is 0 Å². The van der Waals surface area contributed by atoms with E-state index in [1.807, 2.05) is 0 Å². The van der Waals surface area contributed by atoms with E-state index < -0.39 is 30.0 Å². The van der Waals surface area contributed by atoms with Gasteiger partial charge in [0, 0.05) is 18.7 Å². The molecule has 0 aliphatic carbocycles. The molecular formula is C19H17F3N4O3. The summed E-state index contributed by atoms with van der Waals surface area (Å²) in [6, 6.07) is 3.32. The van der Waals surface area contributed by atoms with E-state index in [-0.39, 0.29) is 30.3 Å². The van der Waals surface area contributed by atoms with Gasteiger partial charge in [-0.15, -0.1) is 0 Å². The smallest absolute Gasteiger partial charge is 0.411 e. The van der Waals surface area contributed by atoms with Crippen LogP contribution >= 0.6 is 0 Å². The number of benzene rings is 1. The summed E-state index contributed by atoms with van der Waals surface area (Å²) in [6.07, 6.45) is -0.688. The van der Waals surface area contributed by atoms with Crippen LogP contribution in [0.1, 0.15) is 24.1 Å². The van der Waals surface area contributed by atoms with Gasteiger partial charge in [-0.25, -0.2) is 22.9 Å². The fourth-order valence-electron chi connectivity index (χ4n) is 3.19. The highest BCUT2D eigenvalue weighted by molar-refractivity contribution is 5.86. The standard InChI is InChI=1S/C19H17F3N4O3/c20-14-3-2-11(6-13(14)17(21)22)15-8-23-7-12(24-15)9-26-10-16(29-19(26)28)18(27)25-4-1-5-25/h2-3,6-8,16-17H,1,4-5,9-10H2/t16-/m1/s1. The van der Waals surface area contributed by atoms with Crippen molar-refractivity contribution in [3.63, 3.8) is 0 Å². The first-order chi connectivity index (χ1) is 13.9. The van der Waals surface area contributed by atoms with Gasteiger partial charge >= 0.3 is 6.09 Å². The molecule has 7 nitrogen and oxygen atoms in total. The highest BCUT2D eigenvalue weighted by atomic mass is 19.3. The molecule has 0 unspecified atom stereocenters. The maximum absolute atomic E-state index is 13.5. The van der Waals surface area contributed by atoms with Crippen molar-refractivity contribution in [2.45, 2.75) is 25.5 Å². The summed E-state index contributed by atoms with van der Waals surface area (Å²) in [5.74, 6) is -1.21. The lowest BCUT2D eigenvalue weighted by Crippen LogP contribution is -2.48. The normalized spacial score (nSPS) is 18.8. The van der Waals surface area contributed by atoms with E-state index in [0.717, 1.165) is 18.6 Å². The maximum atomic E-state index is 13.5. The van der Waals surface area contributed by atoms with Crippen molar-refractivity contribution in [3.8, 4) is 11.3 Å². The zero-order valence-electron chi connectivity index (χ0n) is 15.2. The number of alkyl halides is 2. The van der Waals surface area contributed by atoms with Crippen LogP contribution in [0.3, 0.4) is 0 Å². The van der Waals surface area contributed by atoms with Gasteiger partial charge < -0.3 is 9.64 Å². The Morgan fingerprint density at radius 2 is 2.07 bits per heavy atom. The van der Waals surface area contributed by atoms with E-state index in [0.29, 0.717) is 18.8 Å². The Labute approximate surface area is 164 Å². The van der Waals surface area contributed by atoms with Gasteiger partial charge in [-0.3, -0.25) is 14.7 Å². The van der Waals surface area contributed by atoms with E-state index >= 15 is 0 Å². The summed E-state index contributed by atoms with van der Waals surface area (Å²) in [4.78, 5) is 35.7. The number of amides is 2. The number of rotatable bonds is 5. The summed E-state index contributed by atoms with van der Waals surface area (Å²) < 4.78 is 44.5. The first-order valence-corrected chi connectivity index (χ1v) is 9.05. The lowest BCUT2D eigenvalue weighted by Gasteiger charge is -2.32. The first-order valence-electron chi connectivity index (χ1n) is 9.05. The van der Waals surface area contributed by atoms with Crippen LogP contribution in [0.2, 0.25) is 0 Å². The summed E-state index contributed by atoms with van der Waals surface area (Å²) in [6.45, 7) is 1.48. The molecule has 10 heteroatoms. The van der Waals surface area contributed by atoms with Gasteiger partial charge in [-0.1, -0.05) is 0 Å². The van der Waals surface area contributed by atoms with Gasteiger partial charge in [0.25, 0.3) is 12.3 Å². The number of cyclic esters (lactones) is 1. The molecule has 2 aromatic rings. The predicted octanol–water partition coefficient (Wildman–Crippen LogP) is 2.77. The molecule has 0 saturated carbocycles. The molecule has 2 fully saturated rings. The molecule has 4 rings (SSSR count). The molecule has 1 aromatic carbocycles. The third-order valence-corrected chi connectivity index (χ3v) is 4.89. The number of hydrogen-bond donors (Lipinski definition) is 0. The fraction of sp³-hybridized carbons (Fsp3) is 0.368. The van der Waals surface area contributed by atoms with Crippen molar-refractivity contribution in [2.24, 2.45) is 0 Å². The minimum atomic E-state index is -2.95. The van der Waals surface area contributed by atoms with E-state index in [1.54, 1.807) is 4.90 Å². The van der Waals surface area contributed by atoms with Gasteiger partial charge in [0.05, 0.1) is 42.4 Å². The van der Waals surface area contributed by atoms with Gasteiger partial charge in [-0.2, -0.15) is 0 Å². The average Bonchev–Trinajstić information content (AvgIpc) is 3.01. The van der Waals surface area contributed by atoms with Crippen molar-refractivity contribution in [1.29, 1.82) is 0 Å². The molecule has 1 aromatic heterocycles. The second-order valence-corrected chi connectivity index (χ2v) is 6.86. The molecule has 3 heterocycles. The Morgan fingerprint density at radius 3 is 2.76 bits per heavy atom. The summed E-state index contributed by atoms with van der Waals surface area (Å²) in [7, 11) is 0. The van der Waals surface area contributed by atoms with Gasteiger partial charge in [0.2, 0.25) is 0 Å². The molecule has 152 valence electrons. The number of halogens is 3. The Hall–Kier alpha value is -3.17. The second kappa shape index (κ2) is 7.69. The molecule has 0 N–H and O–H groups in total. The number of likely N-dealkylation sites (tertiary alicyclic amines) is 1. The van der Waals surface area contributed by atoms with Crippen molar-refractivity contribution >= 4 is 12.0 Å². The molecule has 1 atom stereocenters. The number of nitrogens with zero attached hydrogens (tertiary/aromatic N) is 4. The fourth-order valence-corrected chi connectivity index (χ4v) is 3.19. The minimum absolute atomic E-state index is 0.0480. The van der Waals surface area contributed by atoms with Gasteiger partial charge in [0.1, 0.15) is 5.82 Å². The monoisotopic (exact) mass is 406 g/mol. The molecule has 29 heavy (non-hydrogen) atoms. The molecule has 2 saturated heterocycles. The van der Waals surface area contributed by atoms with E-state index in [2.05, 4.69) is 9.97 Å². The number of carbonyl (C=O) groups is 2. The van der Waals surface area contributed by atoms with E-state index in [1.165, 1.54) is 23.4 Å². The number of hydrogen-bond acceptors (Lipinski definition) is 5. The van der Waals surface area contributed by atoms with Crippen molar-refractivity contribution in [3.05, 3.63) is 47.7 Å². The van der Waals surface area contributed by atoms with Crippen LogP contribution in [-0.4, -0.2) is 57.5 Å². The molecule has 2 aliphatic rings. The lowest BCUT2D eigenvalue weighted by atomic mass is 10.1. The number of aromatic nitrogens is 2. The molecule has 0 bridgehead atoms. The van der Waals surface area contributed by atoms with Crippen LogP contribution in [0.4, 0.5) is 18.0 Å². The molecule has 0 radical (unpaired) electrons. The Kier molecular flexibility index (Phi) is 5.08. The topological polar surface area (TPSA) is 75.6 Å². The number of carbonyl (C=O) groups excluding carboxylic acids is 2. The molecular weight excluding hydrogens is 389 g/mol. The van der Waals surface area contributed by atoms with Crippen LogP contribution in [0.25, 0.3) is 11.3 Å². The minimum Gasteiger partial charge on any atom is -0.434 e. The predicted molar refractivity (Wildman–Crippen MR) is 94.3 cm³/mol. The largest absolute Gasteiger partial charge is 0.434 e. The summed E-state index contributed by atoms with van der Waals surface area (Å²) in [5, 5.41) is 0.